The van der Waals surface area contributed by atoms with Crippen molar-refractivity contribution in [2.24, 2.45) is 0 Å². The van der Waals surface area contributed by atoms with Gasteiger partial charge in [0.05, 0.1) is 26.4 Å². The molecule has 1 N–H and O–H groups in total. The van der Waals surface area contributed by atoms with Crippen LogP contribution < -0.4 is 4.74 Å². The van der Waals surface area contributed by atoms with E-state index in [2.05, 4.69) is 55.9 Å². The Hall–Kier alpha value is -2.84. The minimum Gasteiger partial charge on any atom is -0.507 e. The van der Waals surface area contributed by atoms with Crippen LogP contribution in [0.3, 0.4) is 0 Å². The molecular weight excluding hydrogens is 516 g/mol. The number of ether oxygens (including phenoxy) is 4. The summed E-state index contributed by atoms with van der Waals surface area (Å²) in [6.07, 6.45) is 2.29. The van der Waals surface area contributed by atoms with E-state index in [1.807, 2.05) is 12.1 Å². The Morgan fingerprint density at radius 3 is 2.27 bits per heavy atom. The SMILES string of the molecule is C=C(c1ccc(OCCN2CCOCC2)c(CC)c1)c1c(O)cc(C)c(CC)c1CC(=C)N(CCOC)CCOC. The van der Waals surface area contributed by atoms with Crippen LogP contribution in [0.25, 0.3) is 5.57 Å². The highest BCUT2D eigenvalue weighted by Crippen LogP contribution is 2.38. The number of methoxy groups -OCH3 is 2. The Bertz CT molecular complexity index is 1150. The molecule has 0 saturated carbocycles. The summed E-state index contributed by atoms with van der Waals surface area (Å²) in [4.78, 5) is 4.58. The molecule has 0 aromatic heterocycles. The van der Waals surface area contributed by atoms with Crippen LogP contribution in [-0.4, -0.2) is 94.9 Å². The van der Waals surface area contributed by atoms with Gasteiger partial charge in [-0.25, -0.2) is 0 Å². The van der Waals surface area contributed by atoms with E-state index in [1.54, 1.807) is 14.2 Å². The fraction of sp³-hybridized carbons (Fsp3) is 0.529. The molecule has 0 spiro atoms. The third-order valence-electron chi connectivity index (χ3n) is 7.92. The summed E-state index contributed by atoms with van der Waals surface area (Å²) in [6.45, 7) is 22.9. The van der Waals surface area contributed by atoms with Crippen LogP contribution in [0.2, 0.25) is 0 Å². The minimum atomic E-state index is 0.247. The Labute approximate surface area is 247 Å². The topological polar surface area (TPSA) is 63.6 Å². The first-order valence-electron chi connectivity index (χ1n) is 14.8. The van der Waals surface area contributed by atoms with Crippen LogP contribution in [-0.2, 0) is 33.5 Å². The van der Waals surface area contributed by atoms with E-state index in [9.17, 15) is 5.11 Å². The van der Waals surface area contributed by atoms with E-state index >= 15 is 0 Å². The van der Waals surface area contributed by atoms with E-state index in [1.165, 1.54) is 5.56 Å². The second kappa shape index (κ2) is 16.6. The summed E-state index contributed by atoms with van der Waals surface area (Å²) in [5.74, 6) is 1.15. The molecule has 7 heteroatoms. The number of rotatable bonds is 17. The molecule has 0 radical (unpaired) electrons. The first kappa shape index (κ1) is 32.7. The van der Waals surface area contributed by atoms with Crippen molar-refractivity contribution in [3.63, 3.8) is 0 Å². The van der Waals surface area contributed by atoms with E-state index < -0.39 is 0 Å². The maximum absolute atomic E-state index is 11.3. The van der Waals surface area contributed by atoms with Crippen molar-refractivity contribution in [1.82, 2.24) is 9.80 Å². The lowest BCUT2D eigenvalue weighted by Crippen LogP contribution is -2.38. The summed E-state index contributed by atoms with van der Waals surface area (Å²) in [5.41, 5.74) is 8.02. The molecule has 0 aliphatic carbocycles. The Morgan fingerprint density at radius 1 is 0.976 bits per heavy atom. The second-order valence-electron chi connectivity index (χ2n) is 10.6. The van der Waals surface area contributed by atoms with Gasteiger partial charge in [-0.2, -0.15) is 0 Å². The van der Waals surface area contributed by atoms with Crippen LogP contribution in [0.4, 0.5) is 0 Å². The molecule has 1 heterocycles. The quantitative estimate of drug-likeness (QED) is 0.281. The van der Waals surface area contributed by atoms with Crippen molar-refractivity contribution >= 4 is 5.57 Å². The molecule has 2 aromatic rings. The van der Waals surface area contributed by atoms with E-state index in [4.69, 9.17) is 18.9 Å². The van der Waals surface area contributed by atoms with Crippen LogP contribution in [0.15, 0.2) is 43.1 Å². The number of hydrogen-bond donors (Lipinski definition) is 1. The van der Waals surface area contributed by atoms with Crippen molar-refractivity contribution in [1.29, 1.82) is 0 Å². The van der Waals surface area contributed by atoms with Gasteiger partial charge in [-0.15, -0.1) is 0 Å². The lowest BCUT2D eigenvalue weighted by molar-refractivity contribution is 0.0322. The molecule has 7 nitrogen and oxygen atoms in total. The number of benzene rings is 2. The molecule has 226 valence electrons. The number of phenolic OH excluding ortho intramolecular Hbond substituents is 1. The second-order valence-corrected chi connectivity index (χ2v) is 10.6. The van der Waals surface area contributed by atoms with Gasteiger partial charge < -0.3 is 29.0 Å². The third-order valence-corrected chi connectivity index (χ3v) is 7.92. The highest BCUT2D eigenvalue weighted by Gasteiger charge is 2.21. The predicted octanol–water partition coefficient (Wildman–Crippen LogP) is 5.25. The molecule has 1 aliphatic rings. The Balaban J connectivity index is 1.88. The smallest absolute Gasteiger partial charge is 0.123 e. The largest absolute Gasteiger partial charge is 0.507 e. The van der Waals surface area contributed by atoms with Crippen LogP contribution >= 0.6 is 0 Å². The van der Waals surface area contributed by atoms with Gasteiger partial charge in [-0.05, 0) is 71.4 Å². The number of aryl methyl sites for hydroxylation is 2. The average molecular weight is 567 g/mol. The number of hydrogen-bond acceptors (Lipinski definition) is 7. The number of aromatic hydroxyl groups is 1. The molecule has 0 atom stereocenters. The van der Waals surface area contributed by atoms with Crippen molar-refractivity contribution in [3.8, 4) is 11.5 Å². The summed E-state index contributed by atoms with van der Waals surface area (Å²) in [7, 11) is 3.41. The van der Waals surface area contributed by atoms with Gasteiger partial charge in [0.2, 0.25) is 0 Å². The van der Waals surface area contributed by atoms with Gasteiger partial charge >= 0.3 is 0 Å². The van der Waals surface area contributed by atoms with Crippen molar-refractivity contribution in [2.75, 3.05) is 80.0 Å². The zero-order valence-electron chi connectivity index (χ0n) is 25.9. The Morgan fingerprint density at radius 2 is 1.66 bits per heavy atom. The molecule has 0 unspecified atom stereocenters. The van der Waals surface area contributed by atoms with Gasteiger partial charge in [-0.1, -0.05) is 33.1 Å². The first-order chi connectivity index (χ1) is 19.8. The fourth-order valence-electron chi connectivity index (χ4n) is 5.52. The van der Waals surface area contributed by atoms with Crippen molar-refractivity contribution < 1.29 is 24.1 Å². The van der Waals surface area contributed by atoms with Crippen molar-refractivity contribution in [2.45, 2.75) is 40.0 Å². The van der Waals surface area contributed by atoms with Crippen LogP contribution in [0.1, 0.15) is 47.2 Å². The van der Waals surface area contributed by atoms with E-state index in [-0.39, 0.29) is 5.75 Å². The number of nitrogens with zero attached hydrogens (tertiary/aromatic N) is 2. The molecular formula is C34H50N2O5. The van der Waals surface area contributed by atoms with Crippen molar-refractivity contribution in [3.05, 3.63) is 76.5 Å². The standard InChI is InChI=1S/C34H50N2O5/c1-8-28-24-29(10-11-33(28)41-21-14-35-12-19-40-20-13-35)27(5)34-31(30(9-2)25(3)22-32(34)37)23-26(4)36(15-17-38-6)16-18-39-7/h10-11,22,24,37H,4-5,8-9,12-21,23H2,1-3,6-7H3. The molecule has 0 bridgehead atoms. The molecule has 41 heavy (non-hydrogen) atoms. The summed E-state index contributed by atoms with van der Waals surface area (Å²) in [6, 6.07) is 8.11. The van der Waals surface area contributed by atoms with E-state index in [0.29, 0.717) is 26.2 Å². The lowest BCUT2D eigenvalue weighted by Gasteiger charge is -2.28. The normalized spacial score (nSPS) is 13.8. The number of phenols is 1. The van der Waals surface area contributed by atoms with Gasteiger partial charge in [0.1, 0.15) is 18.1 Å². The average Bonchev–Trinajstić information content (AvgIpc) is 2.97. The predicted molar refractivity (Wildman–Crippen MR) is 167 cm³/mol. The van der Waals surface area contributed by atoms with E-state index in [0.717, 1.165) is 104 Å². The fourth-order valence-corrected chi connectivity index (χ4v) is 5.52. The zero-order valence-corrected chi connectivity index (χ0v) is 25.9. The molecule has 1 saturated heterocycles. The summed E-state index contributed by atoms with van der Waals surface area (Å²) in [5, 5.41) is 11.3. The van der Waals surface area contributed by atoms with Crippen LogP contribution in [0.5, 0.6) is 11.5 Å². The number of morpholine rings is 1. The molecule has 1 aliphatic heterocycles. The molecule has 1 fully saturated rings. The maximum Gasteiger partial charge on any atom is 0.123 e. The first-order valence-corrected chi connectivity index (χ1v) is 14.8. The molecule has 2 aromatic carbocycles. The zero-order chi connectivity index (χ0) is 29.8. The monoisotopic (exact) mass is 566 g/mol. The van der Waals surface area contributed by atoms with Gasteiger partial charge in [-0.3, -0.25) is 4.90 Å². The van der Waals surface area contributed by atoms with Gasteiger partial charge in [0.25, 0.3) is 0 Å². The highest BCUT2D eigenvalue weighted by atomic mass is 16.5. The van der Waals surface area contributed by atoms with Crippen LogP contribution in [0, 0.1) is 6.92 Å². The maximum atomic E-state index is 11.3. The third kappa shape index (κ3) is 8.82. The molecule has 0 amide bonds. The Kier molecular flexibility index (Phi) is 13.2. The lowest BCUT2D eigenvalue weighted by atomic mass is 9.85. The minimum absolute atomic E-state index is 0.247. The number of allylic oxidation sites excluding steroid dienone is 1. The molecule has 3 rings (SSSR count). The highest BCUT2D eigenvalue weighted by molar-refractivity contribution is 5.84. The summed E-state index contributed by atoms with van der Waals surface area (Å²) < 4.78 is 22.4. The van der Waals surface area contributed by atoms with Gasteiger partial charge in [0.15, 0.2) is 0 Å². The van der Waals surface area contributed by atoms with Gasteiger partial charge in [0, 0.05) is 64.6 Å². The summed E-state index contributed by atoms with van der Waals surface area (Å²) >= 11 is 0.